The quantitative estimate of drug-likeness (QED) is 0.628. The van der Waals surface area contributed by atoms with Crippen LogP contribution in [0.25, 0.3) is 6.08 Å². The third-order valence-corrected chi connectivity index (χ3v) is 6.04. The maximum absolute atomic E-state index is 12.2. The van der Waals surface area contributed by atoms with Gasteiger partial charge in [0.25, 0.3) is 10.0 Å². The molecule has 2 N–H and O–H groups in total. The average Bonchev–Trinajstić information content (AvgIpc) is 3.27. The summed E-state index contributed by atoms with van der Waals surface area (Å²) in [5.41, 5.74) is 0.508. The van der Waals surface area contributed by atoms with Gasteiger partial charge in [0.15, 0.2) is 5.13 Å². The normalized spacial score (nSPS) is 11.5. The molecule has 2 aromatic heterocycles. The molecule has 3 rings (SSSR count). The van der Waals surface area contributed by atoms with Gasteiger partial charge in [0.1, 0.15) is 0 Å². The monoisotopic (exact) mass is 391 g/mol. The van der Waals surface area contributed by atoms with Crippen molar-refractivity contribution in [2.24, 2.45) is 0 Å². The van der Waals surface area contributed by atoms with Crippen molar-refractivity contribution in [3.63, 3.8) is 0 Å². The zero-order chi connectivity index (χ0) is 17.7. The first-order chi connectivity index (χ1) is 12.0. The minimum atomic E-state index is -3.70. The summed E-state index contributed by atoms with van der Waals surface area (Å²) in [7, 11) is -3.70. The molecular weight excluding hydrogens is 378 g/mol. The molecule has 0 atom stereocenters. The van der Waals surface area contributed by atoms with Crippen LogP contribution in [0.1, 0.15) is 4.88 Å². The number of anilines is 2. The number of carbonyl (C=O) groups excluding carboxylic acids is 1. The van der Waals surface area contributed by atoms with Crippen molar-refractivity contribution in [2.75, 3.05) is 10.0 Å². The molecule has 1 aromatic carbocycles. The number of amides is 1. The number of nitrogens with one attached hydrogen (secondary N) is 2. The third kappa shape index (κ3) is 4.75. The third-order valence-electron chi connectivity index (χ3n) is 3.03. The Morgan fingerprint density at radius 3 is 2.52 bits per heavy atom. The van der Waals surface area contributed by atoms with Gasteiger partial charge in [0.2, 0.25) is 5.91 Å². The summed E-state index contributed by atoms with van der Waals surface area (Å²) in [6, 6.07) is 9.73. The van der Waals surface area contributed by atoms with Crippen molar-refractivity contribution in [2.45, 2.75) is 4.90 Å². The maximum Gasteiger partial charge on any atom is 0.263 e. The molecule has 2 heterocycles. The molecule has 0 unspecified atom stereocenters. The fourth-order valence-corrected chi connectivity index (χ4v) is 4.30. The van der Waals surface area contributed by atoms with Crippen molar-refractivity contribution in [3.8, 4) is 0 Å². The molecule has 0 aliphatic rings. The lowest BCUT2D eigenvalue weighted by Crippen LogP contribution is -2.13. The van der Waals surface area contributed by atoms with Gasteiger partial charge in [-0.15, -0.1) is 22.7 Å². The molecule has 0 fully saturated rings. The molecule has 1 amide bonds. The fourth-order valence-electron chi connectivity index (χ4n) is 1.89. The number of hydrogen-bond donors (Lipinski definition) is 2. The van der Waals surface area contributed by atoms with Crippen LogP contribution in [0.5, 0.6) is 0 Å². The van der Waals surface area contributed by atoms with Gasteiger partial charge in [0, 0.05) is 28.2 Å². The number of nitrogens with zero attached hydrogens (tertiary/aromatic N) is 1. The molecule has 128 valence electrons. The molecule has 9 heteroatoms. The van der Waals surface area contributed by atoms with E-state index in [0.717, 1.165) is 4.88 Å². The van der Waals surface area contributed by atoms with Gasteiger partial charge in [-0.2, -0.15) is 0 Å². The second-order valence-corrected chi connectivity index (χ2v) is 8.36. The van der Waals surface area contributed by atoms with E-state index in [2.05, 4.69) is 15.0 Å². The Kier molecular flexibility index (Phi) is 5.27. The molecular formula is C16H13N3O3S3. The van der Waals surface area contributed by atoms with Crippen molar-refractivity contribution >= 4 is 55.5 Å². The van der Waals surface area contributed by atoms with E-state index in [1.807, 2.05) is 17.5 Å². The Hall–Kier alpha value is -2.49. The van der Waals surface area contributed by atoms with Gasteiger partial charge in [-0.25, -0.2) is 13.4 Å². The number of thiazole rings is 1. The van der Waals surface area contributed by atoms with E-state index >= 15 is 0 Å². The summed E-state index contributed by atoms with van der Waals surface area (Å²) in [5, 5.41) is 6.59. The highest BCUT2D eigenvalue weighted by molar-refractivity contribution is 7.93. The highest BCUT2D eigenvalue weighted by atomic mass is 32.2. The number of benzene rings is 1. The van der Waals surface area contributed by atoms with E-state index in [0.29, 0.717) is 10.8 Å². The summed E-state index contributed by atoms with van der Waals surface area (Å²) in [6.45, 7) is 0. The number of thiophene rings is 1. The first kappa shape index (κ1) is 17.3. The summed E-state index contributed by atoms with van der Waals surface area (Å²) in [5.74, 6) is -0.287. The van der Waals surface area contributed by atoms with Crippen molar-refractivity contribution in [1.82, 2.24) is 4.98 Å². The van der Waals surface area contributed by atoms with Crippen LogP contribution in [0, 0.1) is 0 Å². The SMILES string of the molecule is O=C(/C=C/c1cccs1)Nc1ccc(S(=O)(=O)Nc2nccs2)cc1. The van der Waals surface area contributed by atoms with Gasteiger partial charge in [-0.3, -0.25) is 9.52 Å². The zero-order valence-corrected chi connectivity index (χ0v) is 15.2. The van der Waals surface area contributed by atoms with Crippen molar-refractivity contribution in [3.05, 3.63) is 64.3 Å². The number of carbonyl (C=O) groups is 1. The first-order valence-electron chi connectivity index (χ1n) is 7.08. The molecule has 0 radical (unpaired) electrons. The molecule has 0 aliphatic carbocycles. The smallest absolute Gasteiger partial charge is 0.263 e. The van der Waals surface area contributed by atoms with Crippen LogP contribution in [0.2, 0.25) is 0 Å². The number of aromatic nitrogens is 1. The fraction of sp³-hybridized carbons (Fsp3) is 0. The van der Waals surface area contributed by atoms with Crippen molar-refractivity contribution in [1.29, 1.82) is 0 Å². The molecule has 3 aromatic rings. The lowest BCUT2D eigenvalue weighted by molar-refractivity contribution is -0.111. The van der Waals surface area contributed by atoms with Gasteiger partial charge in [-0.1, -0.05) is 6.07 Å². The van der Waals surface area contributed by atoms with Gasteiger partial charge >= 0.3 is 0 Å². The van der Waals surface area contributed by atoms with Crippen LogP contribution in [-0.2, 0) is 14.8 Å². The number of rotatable bonds is 6. The lowest BCUT2D eigenvalue weighted by atomic mass is 10.3. The predicted octanol–water partition coefficient (Wildman–Crippen LogP) is 3.66. The van der Waals surface area contributed by atoms with Crippen LogP contribution in [-0.4, -0.2) is 19.3 Å². The van der Waals surface area contributed by atoms with E-state index in [1.165, 1.54) is 59.2 Å². The standard InChI is InChI=1S/C16H13N3O3S3/c20-15(8-5-13-2-1-10-23-13)18-12-3-6-14(7-4-12)25(21,22)19-16-17-9-11-24-16/h1-11H,(H,17,19)(H,18,20)/b8-5+. The Labute approximate surface area is 152 Å². The molecule has 0 spiro atoms. The summed E-state index contributed by atoms with van der Waals surface area (Å²) in [6.07, 6.45) is 4.67. The summed E-state index contributed by atoms with van der Waals surface area (Å²) < 4.78 is 26.8. The molecule has 0 saturated carbocycles. The molecule has 25 heavy (non-hydrogen) atoms. The largest absolute Gasteiger partial charge is 0.323 e. The Balaban J connectivity index is 1.64. The number of hydrogen-bond acceptors (Lipinski definition) is 6. The molecule has 6 nitrogen and oxygen atoms in total. The highest BCUT2D eigenvalue weighted by Crippen LogP contribution is 2.19. The Morgan fingerprint density at radius 2 is 1.88 bits per heavy atom. The van der Waals surface area contributed by atoms with Gasteiger partial charge in [0.05, 0.1) is 4.90 Å². The van der Waals surface area contributed by atoms with Crippen LogP contribution in [0.3, 0.4) is 0 Å². The van der Waals surface area contributed by atoms with Crippen LogP contribution < -0.4 is 10.0 Å². The highest BCUT2D eigenvalue weighted by Gasteiger charge is 2.15. The minimum Gasteiger partial charge on any atom is -0.323 e. The Bertz CT molecular complexity index is 962. The van der Waals surface area contributed by atoms with E-state index in [4.69, 9.17) is 0 Å². The van der Waals surface area contributed by atoms with E-state index < -0.39 is 10.0 Å². The van der Waals surface area contributed by atoms with Crippen LogP contribution in [0.4, 0.5) is 10.8 Å². The van der Waals surface area contributed by atoms with Gasteiger partial charge in [-0.05, 0) is 41.8 Å². The van der Waals surface area contributed by atoms with Crippen LogP contribution in [0.15, 0.2) is 64.3 Å². The molecule has 0 bridgehead atoms. The van der Waals surface area contributed by atoms with Crippen LogP contribution >= 0.6 is 22.7 Å². The van der Waals surface area contributed by atoms with E-state index in [-0.39, 0.29) is 10.8 Å². The lowest BCUT2D eigenvalue weighted by Gasteiger charge is -2.07. The first-order valence-corrected chi connectivity index (χ1v) is 10.3. The molecule has 0 aliphatic heterocycles. The second kappa shape index (κ2) is 7.60. The second-order valence-electron chi connectivity index (χ2n) is 4.81. The topological polar surface area (TPSA) is 88.2 Å². The van der Waals surface area contributed by atoms with E-state index in [1.54, 1.807) is 11.5 Å². The predicted molar refractivity (Wildman–Crippen MR) is 101 cm³/mol. The average molecular weight is 391 g/mol. The van der Waals surface area contributed by atoms with E-state index in [9.17, 15) is 13.2 Å². The maximum atomic E-state index is 12.2. The van der Waals surface area contributed by atoms with Crippen molar-refractivity contribution < 1.29 is 13.2 Å². The summed E-state index contributed by atoms with van der Waals surface area (Å²) >= 11 is 2.73. The van der Waals surface area contributed by atoms with Gasteiger partial charge < -0.3 is 5.32 Å². The summed E-state index contributed by atoms with van der Waals surface area (Å²) in [4.78, 5) is 16.8. The Morgan fingerprint density at radius 1 is 1.08 bits per heavy atom. The number of sulfonamides is 1. The zero-order valence-electron chi connectivity index (χ0n) is 12.7. The minimum absolute atomic E-state index is 0.0924. The molecule has 0 saturated heterocycles.